The fourth-order valence-electron chi connectivity index (χ4n) is 1.21. The van der Waals surface area contributed by atoms with Crippen molar-refractivity contribution in [2.45, 2.75) is 26.3 Å². The molecule has 1 rings (SSSR count). The average Bonchev–Trinajstić information content (AvgIpc) is 2.46. The smallest absolute Gasteiger partial charge is 0.225 e. The molecule has 1 heterocycles. The van der Waals surface area contributed by atoms with Crippen LogP contribution in [0.15, 0.2) is 6.20 Å². The summed E-state index contributed by atoms with van der Waals surface area (Å²) in [5.74, 6) is 0.564. The Balaban J connectivity index is 2.70. The number of rotatable bonds is 4. The molecule has 0 fully saturated rings. The van der Waals surface area contributed by atoms with Gasteiger partial charge in [0.15, 0.2) is 5.82 Å². The minimum Gasteiger partial charge on any atom is -0.326 e. The Morgan fingerprint density at radius 3 is 3.00 bits per heavy atom. The van der Waals surface area contributed by atoms with E-state index in [-0.39, 0.29) is 5.91 Å². The molecule has 1 aromatic heterocycles. The number of nitrogens with one attached hydrogen (secondary N) is 1. The molecule has 0 atom stereocenters. The highest BCUT2D eigenvalue weighted by atomic mass is 16.1. The Kier molecular flexibility index (Phi) is 3.64. The molecule has 0 unspecified atom stereocenters. The van der Waals surface area contributed by atoms with Gasteiger partial charge in [-0.3, -0.25) is 9.48 Å². The van der Waals surface area contributed by atoms with Crippen LogP contribution in [0, 0.1) is 0 Å². The summed E-state index contributed by atoms with van der Waals surface area (Å²) < 4.78 is 1.64. The molecule has 0 saturated heterocycles. The van der Waals surface area contributed by atoms with Crippen LogP contribution in [-0.4, -0.2) is 15.7 Å². The zero-order valence-corrected chi connectivity index (χ0v) is 8.58. The lowest BCUT2D eigenvalue weighted by Gasteiger charge is -2.01. The minimum absolute atomic E-state index is 0.0131. The molecule has 0 aliphatic carbocycles. The van der Waals surface area contributed by atoms with E-state index in [0.29, 0.717) is 18.8 Å². The first-order valence-corrected chi connectivity index (χ1v) is 4.69. The van der Waals surface area contributed by atoms with Crippen molar-refractivity contribution in [3.8, 4) is 0 Å². The van der Waals surface area contributed by atoms with Crippen LogP contribution >= 0.6 is 0 Å². The Morgan fingerprint density at radius 1 is 1.71 bits per heavy atom. The first kappa shape index (κ1) is 10.7. The molecule has 14 heavy (non-hydrogen) atoms. The standard InChI is InChI=1S/C9H16N4O/c1-3-4-8(14)11-9-7(5-10)6-13(2)12-9/h6H,3-5,10H2,1-2H3,(H,11,12,14). The molecule has 0 aliphatic heterocycles. The Hall–Kier alpha value is -1.36. The van der Waals surface area contributed by atoms with Crippen molar-refractivity contribution in [3.05, 3.63) is 11.8 Å². The van der Waals surface area contributed by atoms with Crippen LogP contribution in [0.3, 0.4) is 0 Å². The Morgan fingerprint density at radius 2 is 2.43 bits per heavy atom. The topological polar surface area (TPSA) is 72.9 Å². The maximum atomic E-state index is 11.3. The lowest BCUT2D eigenvalue weighted by Crippen LogP contribution is -2.13. The van der Waals surface area contributed by atoms with Crippen molar-refractivity contribution in [1.82, 2.24) is 9.78 Å². The number of aromatic nitrogens is 2. The third-order valence-electron chi connectivity index (χ3n) is 1.86. The van der Waals surface area contributed by atoms with Gasteiger partial charge in [0.05, 0.1) is 0 Å². The lowest BCUT2D eigenvalue weighted by molar-refractivity contribution is -0.116. The maximum Gasteiger partial charge on any atom is 0.225 e. The van der Waals surface area contributed by atoms with Gasteiger partial charge >= 0.3 is 0 Å². The first-order chi connectivity index (χ1) is 6.67. The molecule has 1 aromatic rings. The summed E-state index contributed by atoms with van der Waals surface area (Å²) in [6.07, 6.45) is 3.15. The van der Waals surface area contributed by atoms with Crippen molar-refractivity contribution < 1.29 is 4.79 Å². The molecule has 0 spiro atoms. The minimum atomic E-state index is -0.0131. The Labute approximate surface area is 83.3 Å². The van der Waals surface area contributed by atoms with Crippen molar-refractivity contribution >= 4 is 11.7 Å². The monoisotopic (exact) mass is 196 g/mol. The molecular formula is C9H16N4O. The summed E-state index contributed by atoms with van der Waals surface area (Å²) in [5, 5.41) is 6.84. The van der Waals surface area contributed by atoms with E-state index in [1.807, 2.05) is 13.1 Å². The van der Waals surface area contributed by atoms with Gasteiger partial charge in [-0.1, -0.05) is 6.92 Å². The van der Waals surface area contributed by atoms with Gasteiger partial charge in [-0.15, -0.1) is 0 Å². The number of carbonyl (C=O) groups excluding carboxylic acids is 1. The van der Waals surface area contributed by atoms with Gasteiger partial charge in [0, 0.05) is 31.8 Å². The average molecular weight is 196 g/mol. The number of aryl methyl sites for hydroxylation is 1. The van der Waals surface area contributed by atoms with Crippen LogP contribution in [0.5, 0.6) is 0 Å². The van der Waals surface area contributed by atoms with E-state index in [4.69, 9.17) is 5.73 Å². The summed E-state index contributed by atoms with van der Waals surface area (Å²) >= 11 is 0. The number of amides is 1. The molecule has 5 nitrogen and oxygen atoms in total. The van der Waals surface area contributed by atoms with E-state index in [1.54, 1.807) is 11.7 Å². The normalized spacial score (nSPS) is 10.2. The molecular weight excluding hydrogens is 180 g/mol. The zero-order chi connectivity index (χ0) is 10.6. The number of carbonyl (C=O) groups is 1. The first-order valence-electron chi connectivity index (χ1n) is 4.69. The second-order valence-corrected chi connectivity index (χ2v) is 3.18. The summed E-state index contributed by atoms with van der Waals surface area (Å²) in [6, 6.07) is 0. The molecule has 0 saturated carbocycles. The quantitative estimate of drug-likeness (QED) is 0.741. The van der Waals surface area contributed by atoms with Crippen molar-refractivity contribution in [3.63, 3.8) is 0 Å². The van der Waals surface area contributed by atoms with Crippen LogP contribution < -0.4 is 11.1 Å². The highest BCUT2D eigenvalue weighted by molar-refractivity contribution is 5.90. The lowest BCUT2D eigenvalue weighted by atomic mass is 10.3. The summed E-state index contributed by atoms with van der Waals surface area (Å²) in [6.45, 7) is 2.34. The number of hydrogen-bond donors (Lipinski definition) is 2. The molecule has 0 aromatic carbocycles. The number of nitrogens with zero attached hydrogens (tertiary/aromatic N) is 2. The summed E-state index contributed by atoms with van der Waals surface area (Å²) in [7, 11) is 1.80. The molecule has 0 bridgehead atoms. The fourth-order valence-corrected chi connectivity index (χ4v) is 1.21. The van der Waals surface area contributed by atoms with Crippen LogP contribution in [0.2, 0.25) is 0 Å². The molecule has 0 radical (unpaired) electrons. The van der Waals surface area contributed by atoms with E-state index >= 15 is 0 Å². The van der Waals surface area contributed by atoms with Gasteiger partial charge in [0.25, 0.3) is 0 Å². The SMILES string of the molecule is CCCC(=O)Nc1nn(C)cc1CN. The van der Waals surface area contributed by atoms with Gasteiger partial charge in [0.2, 0.25) is 5.91 Å². The predicted molar refractivity (Wildman–Crippen MR) is 54.6 cm³/mol. The van der Waals surface area contributed by atoms with Crippen LogP contribution in [0.25, 0.3) is 0 Å². The molecule has 0 aliphatic rings. The highest BCUT2D eigenvalue weighted by Crippen LogP contribution is 2.11. The van der Waals surface area contributed by atoms with E-state index in [9.17, 15) is 4.79 Å². The van der Waals surface area contributed by atoms with Crippen LogP contribution in [0.4, 0.5) is 5.82 Å². The Bertz CT molecular complexity index is 319. The maximum absolute atomic E-state index is 11.3. The summed E-state index contributed by atoms with van der Waals surface area (Å²) in [4.78, 5) is 11.3. The van der Waals surface area contributed by atoms with E-state index in [2.05, 4.69) is 10.4 Å². The van der Waals surface area contributed by atoms with Gasteiger partial charge < -0.3 is 11.1 Å². The number of hydrogen-bond acceptors (Lipinski definition) is 3. The van der Waals surface area contributed by atoms with Crippen LogP contribution in [-0.2, 0) is 18.4 Å². The van der Waals surface area contributed by atoms with Crippen molar-refractivity contribution in [1.29, 1.82) is 0 Å². The third-order valence-corrected chi connectivity index (χ3v) is 1.86. The highest BCUT2D eigenvalue weighted by Gasteiger charge is 2.08. The zero-order valence-electron chi connectivity index (χ0n) is 8.58. The van der Waals surface area contributed by atoms with E-state index in [0.717, 1.165) is 12.0 Å². The van der Waals surface area contributed by atoms with Crippen molar-refractivity contribution in [2.24, 2.45) is 12.8 Å². The third kappa shape index (κ3) is 2.56. The van der Waals surface area contributed by atoms with Crippen molar-refractivity contribution in [2.75, 3.05) is 5.32 Å². The molecule has 78 valence electrons. The van der Waals surface area contributed by atoms with Gasteiger partial charge in [-0.05, 0) is 6.42 Å². The largest absolute Gasteiger partial charge is 0.326 e. The van der Waals surface area contributed by atoms with Crippen LogP contribution in [0.1, 0.15) is 25.3 Å². The van der Waals surface area contributed by atoms with Gasteiger partial charge in [0.1, 0.15) is 0 Å². The molecule has 1 amide bonds. The molecule has 5 heteroatoms. The number of anilines is 1. The van der Waals surface area contributed by atoms with Gasteiger partial charge in [-0.25, -0.2) is 0 Å². The van der Waals surface area contributed by atoms with E-state index < -0.39 is 0 Å². The second-order valence-electron chi connectivity index (χ2n) is 3.18. The number of nitrogens with two attached hydrogens (primary N) is 1. The fraction of sp³-hybridized carbons (Fsp3) is 0.556. The molecule has 3 N–H and O–H groups in total. The van der Waals surface area contributed by atoms with Gasteiger partial charge in [-0.2, -0.15) is 5.10 Å². The second kappa shape index (κ2) is 4.76. The van der Waals surface area contributed by atoms with E-state index in [1.165, 1.54) is 0 Å². The predicted octanol–water partition coefficient (Wildman–Crippen LogP) is 0.617. The summed E-state index contributed by atoms with van der Waals surface area (Å²) in [5.41, 5.74) is 6.37.